The molecule has 308 valence electrons. The molecule has 3 heterocycles. The van der Waals surface area contributed by atoms with Crippen molar-refractivity contribution in [2.45, 2.75) is 65.5 Å². The molecule has 3 aliphatic rings. The lowest BCUT2D eigenvalue weighted by Gasteiger charge is -2.50. The summed E-state index contributed by atoms with van der Waals surface area (Å²) in [5, 5.41) is 3.08. The summed E-state index contributed by atoms with van der Waals surface area (Å²) in [5.41, 5.74) is 20.3. The highest BCUT2D eigenvalue weighted by molar-refractivity contribution is 7.16. The molecule has 0 aliphatic carbocycles. The van der Waals surface area contributed by atoms with E-state index in [1.165, 1.54) is 77.5 Å². The molecule has 0 fully saturated rings. The van der Waals surface area contributed by atoms with E-state index in [1.807, 2.05) is 0 Å². The third-order valence-corrected chi connectivity index (χ3v) is 17.5. The highest BCUT2D eigenvalue weighted by Gasteiger charge is 2.51. The Hall–Kier alpha value is -6.56. The van der Waals surface area contributed by atoms with Gasteiger partial charge in [-0.15, -0.1) is 0 Å². The fourth-order valence-corrected chi connectivity index (χ4v) is 13.9. The number of benzene rings is 8. The maximum Gasteiger partial charge on any atom is 0.251 e. The van der Waals surface area contributed by atoms with Gasteiger partial charge in [0.05, 0.1) is 5.69 Å². The predicted molar refractivity (Wildman–Crippen MR) is 275 cm³/mol. The molecule has 0 bridgehead atoms. The van der Waals surface area contributed by atoms with Crippen LogP contribution >= 0.6 is 0 Å². The van der Waals surface area contributed by atoms with Crippen molar-refractivity contribution in [3.63, 3.8) is 0 Å². The van der Waals surface area contributed by atoms with Crippen molar-refractivity contribution in [2.24, 2.45) is 0 Å². The number of anilines is 9. The number of hydrogen-bond acceptors (Lipinski definition) is 3. The highest BCUT2D eigenvalue weighted by Crippen LogP contribution is 2.48. The normalized spacial score (nSPS) is 14.4. The Kier molecular flexibility index (Phi) is 8.88. The number of hydrogen-bond donors (Lipinski definition) is 0. The van der Waals surface area contributed by atoms with Gasteiger partial charge in [0.2, 0.25) is 0 Å². The molecule has 0 saturated carbocycles. The van der Waals surface area contributed by atoms with E-state index in [0.717, 1.165) is 22.7 Å². The van der Waals surface area contributed by atoms with Crippen molar-refractivity contribution in [3.05, 3.63) is 193 Å². The minimum absolute atomic E-state index is 0.0457. The summed E-state index contributed by atoms with van der Waals surface area (Å²) in [6.07, 6.45) is 0. The Labute approximate surface area is 375 Å². The Morgan fingerprint density at radius 2 is 0.794 bits per heavy atom. The maximum atomic E-state index is 2.59. The number of para-hydroxylation sites is 2. The van der Waals surface area contributed by atoms with Gasteiger partial charge in [-0.3, -0.25) is 0 Å². The summed E-state index contributed by atoms with van der Waals surface area (Å²) in [7, 11) is -2.16. The minimum atomic E-state index is -2.16. The average molecular weight is 832 g/mol. The smallest absolute Gasteiger partial charge is 0.251 e. The summed E-state index contributed by atoms with van der Waals surface area (Å²) in [6.45, 7) is 19.0. The first-order chi connectivity index (χ1) is 30.3. The zero-order valence-corrected chi connectivity index (χ0v) is 38.7. The summed E-state index contributed by atoms with van der Waals surface area (Å²) in [5.74, 6) is 0. The van der Waals surface area contributed by atoms with E-state index in [9.17, 15) is 0 Å². The molecule has 0 atom stereocenters. The Morgan fingerprint density at radius 3 is 1.22 bits per heavy atom. The van der Waals surface area contributed by atoms with Gasteiger partial charge >= 0.3 is 0 Å². The fraction of sp³-hybridized carbons (Fsp3) is 0.172. The van der Waals surface area contributed by atoms with Crippen LogP contribution in [-0.4, -0.2) is 14.8 Å². The van der Waals surface area contributed by atoms with Crippen LogP contribution in [0, 0.1) is 0 Å². The standard InChI is InChI=1S/C58H54BN3Si/c1-57(2,3)41-29-25-39(26-30-41)40-27-33-45(34-28-40)61-48-21-15-23-52-55(48)59-54-50(61)37-47(60(43-17-11-9-12-18-43)44-19-13-10-14-20-44)38-51(54)62(46-35-31-42(32-36-46)58(4,5)6)49-22-16-24-53(56(49)59)63(52,7)8/h9-38H,1-8H3. The highest BCUT2D eigenvalue weighted by atomic mass is 28.3. The first-order valence-electron chi connectivity index (χ1n) is 22.6. The monoisotopic (exact) mass is 831 g/mol. The van der Waals surface area contributed by atoms with Gasteiger partial charge in [0.25, 0.3) is 6.71 Å². The van der Waals surface area contributed by atoms with Crippen LogP contribution in [0.3, 0.4) is 0 Å². The van der Waals surface area contributed by atoms with E-state index in [1.54, 1.807) is 0 Å². The van der Waals surface area contributed by atoms with E-state index in [-0.39, 0.29) is 17.5 Å². The fourth-order valence-electron chi connectivity index (χ4n) is 10.7. The predicted octanol–water partition coefficient (Wildman–Crippen LogP) is 12.6. The Bertz CT molecular complexity index is 3000. The first-order valence-corrected chi connectivity index (χ1v) is 25.6. The third-order valence-electron chi connectivity index (χ3n) is 14.0. The van der Waals surface area contributed by atoms with Gasteiger partial charge < -0.3 is 14.7 Å². The summed E-state index contributed by atoms with van der Waals surface area (Å²) in [4.78, 5) is 7.60. The van der Waals surface area contributed by atoms with Crippen molar-refractivity contribution in [1.82, 2.24) is 0 Å². The zero-order valence-electron chi connectivity index (χ0n) is 37.7. The molecule has 0 radical (unpaired) electrons. The van der Waals surface area contributed by atoms with E-state index < -0.39 is 8.07 Å². The Morgan fingerprint density at radius 1 is 0.397 bits per heavy atom. The third kappa shape index (κ3) is 6.23. The van der Waals surface area contributed by atoms with Gasteiger partial charge in [-0.25, -0.2) is 0 Å². The summed E-state index contributed by atoms with van der Waals surface area (Å²) < 4.78 is 0. The lowest BCUT2D eigenvalue weighted by molar-refractivity contribution is 0.590. The number of nitrogens with zero attached hydrogens (tertiary/aromatic N) is 3. The number of rotatable bonds is 6. The van der Waals surface area contributed by atoms with E-state index in [2.05, 4.69) is 251 Å². The molecule has 11 rings (SSSR count). The van der Waals surface area contributed by atoms with Crippen LogP contribution in [0.15, 0.2) is 182 Å². The van der Waals surface area contributed by atoms with Crippen LogP contribution in [0.5, 0.6) is 0 Å². The summed E-state index contributed by atoms with van der Waals surface area (Å²) in [6, 6.07) is 68.7. The second kappa shape index (κ2) is 14.2. The van der Waals surface area contributed by atoms with Gasteiger partial charge in [-0.05, 0) is 122 Å². The SMILES string of the molecule is CC(C)(C)c1ccc(-c2ccc(N3c4cc(N(c5ccccc5)c5ccccc5)cc5c4B4c6c3cccc6[Si](C)(C)c3cccc(c34)N5c3ccc(C(C)(C)C)cc3)cc2)cc1. The van der Waals surface area contributed by atoms with Gasteiger partial charge in [0, 0.05) is 45.5 Å². The molecule has 5 heteroatoms. The van der Waals surface area contributed by atoms with Crippen LogP contribution < -0.4 is 41.5 Å². The summed E-state index contributed by atoms with van der Waals surface area (Å²) >= 11 is 0. The molecule has 3 aliphatic heterocycles. The maximum absolute atomic E-state index is 2.59. The zero-order chi connectivity index (χ0) is 43.4. The van der Waals surface area contributed by atoms with Crippen LogP contribution in [-0.2, 0) is 10.8 Å². The minimum Gasteiger partial charge on any atom is -0.311 e. The molecular formula is C58H54BN3Si. The average Bonchev–Trinajstić information content (AvgIpc) is 3.28. The molecule has 0 aromatic heterocycles. The molecule has 8 aromatic rings. The van der Waals surface area contributed by atoms with Crippen molar-refractivity contribution in [2.75, 3.05) is 14.7 Å². The quantitative estimate of drug-likeness (QED) is 0.155. The Balaban J connectivity index is 1.20. The van der Waals surface area contributed by atoms with Crippen LogP contribution in [0.25, 0.3) is 11.1 Å². The topological polar surface area (TPSA) is 9.72 Å². The second-order valence-corrected chi connectivity index (χ2v) is 24.6. The van der Waals surface area contributed by atoms with Crippen molar-refractivity contribution >= 4 is 92.7 Å². The van der Waals surface area contributed by atoms with Crippen molar-refractivity contribution in [3.8, 4) is 11.1 Å². The van der Waals surface area contributed by atoms with Crippen LogP contribution in [0.4, 0.5) is 51.2 Å². The van der Waals surface area contributed by atoms with Gasteiger partial charge in [-0.1, -0.05) is 174 Å². The molecule has 0 amide bonds. The van der Waals surface area contributed by atoms with E-state index in [4.69, 9.17) is 0 Å². The van der Waals surface area contributed by atoms with Crippen molar-refractivity contribution < 1.29 is 0 Å². The molecular weight excluding hydrogens is 778 g/mol. The van der Waals surface area contributed by atoms with Crippen LogP contribution in [0.2, 0.25) is 13.1 Å². The van der Waals surface area contributed by atoms with Gasteiger partial charge in [-0.2, -0.15) is 0 Å². The van der Waals surface area contributed by atoms with Gasteiger partial charge in [0.1, 0.15) is 8.07 Å². The molecule has 0 unspecified atom stereocenters. The second-order valence-electron chi connectivity index (χ2n) is 20.3. The van der Waals surface area contributed by atoms with E-state index >= 15 is 0 Å². The lowest BCUT2D eigenvalue weighted by atomic mass is 9.33. The molecule has 0 saturated heterocycles. The molecule has 3 nitrogen and oxygen atoms in total. The lowest BCUT2D eigenvalue weighted by Crippen LogP contribution is -2.79. The van der Waals surface area contributed by atoms with E-state index in [0.29, 0.717) is 0 Å². The molecule has 63 heavy (non-hydrogen) atoms. The van der Waals surface area contributed by atoms with Gasteiger partial charge in [0.15, 0.2) is 0 Å². The van der Waals surface area contributed by atoms with Crippen LogP contribution in [0.1, 0.15) is 52.7 Å². The molecule has 8 aromatic carbocycles. The van der Waals surface area contributed by atoms with Crippen molar-refractivity contribution in [1.29, 1.82) is 0 Å². The molecule has 0 spiro atoms. The first kappa shape index (κ1) is 39.3. The largest absolute Gasteiger partial charge is 0.311 e. The molecule has 0 N–H and O–H groups in total.